The molecule has 4 nitrogen and oxygen atoms in total. The second-order valence-electron chi connectivity index (χ2n) is 4.30. The molecule has 0 saturated carbocycles. The zero-order valence-corrected chi connectivity index (χ0v) is 10.2. The summed E-state index contributed by atoms with van der Waals surface area (Å²) in [7, 11) is 0. The predicted molar refractivity (Wildman–Crippen MR) is 63.3 cm³/mol. The predicted octanol–water partition coefficient (Wildman–Crippen LogP) is 1.69. The molecule has 0 radical (unpaired) electrons. The fraction of sp³-hybridized carbons (Fsp3) is 0.583. The maximum absolute atomic E-state index is 9.08. The van der Waals surface area contributed by atoms with E-state index in [9.17, 15) is 0 Å². The molecule has 0 aromatic carbocycles. The molecule has 1 aromatic rings. The highest BCUT2D eigenvalue weighted by atomic mass is 16.5. The SMILES string of the molecule is CCOC(C)(C)CNCc1ccc(O)cn1. The van der Waals surface area contributed by atoms with Crippen molar-refractivity contribution in [2.75, 3.05) is 13.2 Å². The van der Waals surface area contributed by atoms with Gasteiger partial charge in [0.2, 0.25) is 0 Å². The van der Waals surface area contributed by atoms with Crippen molar-refractivity contribution < 1.29 is 9.84 Å². The molecular weight excluding hydrogens is 204 g/mol. The molecule has 0 bridgehead atoms. The fourth-order valence-corrected chi connectivity index (χ4v) is 1.45. The fourth-order valence-electron chi connectivity index (χ4n) is 1.45. The zero-order chi connectivity index (χ0) is 12.0. The Kier molecular flexibility index (Phi) is 4.71. The molecule has 1 rings (SSSR count). The molecule has 0 amide bonds. The molecule has 0 spiro atoms. The van der Waals surface area contributed by atoms with E-state index in [0.29, 0.717) is 13.2 Å². The van der Waals surface area contributed by atoms with Crippen LogP contribution in [0.2, 0.25) is 0 Å². The minimum atomic E-state index is -0.161. The van der Waals surface area contributed by atoms with Gasteiger partial charge in [0.05, 0.1) is 17.5 Å². The maximum Gasteiger partial charge on any atom is 0.133 e. The van der Waals surface area contributed by atoms with E-state index >= 15 is 0 Å². The number of pyridine rings is 1. The third kappa shape index (κ3) is 4.59. The largest absolute Gasteiger partial charge is 0.506 e. The van der Waals surface area contributed by atoms with Crippen molar-refractivity contribution in [2.24, 2.45) is 0 Å². The van der Waals surface area contributed by atoms with Gasteiger partial charge >= 0.3 is 0 Å². The van der Waals surface area contributed by atoms with Gasteiger partial charge in [-0.1, -0.05) is 0 Å². The number of hydrogen-bond acceptors (Lipinski definition) is 4. The summed E-state index contributed by atoms with van der Waals surface area (Å²) in [6.07, 6.45) is 1.45. The van der Waals surface area contributed by atoms with Gasteiger partial charge in [0.15, 0.2) is 0 Å². The van der Waals surface area contributed by atoms with Crippen LogP contribution in [0, 0.1) is 0 Å². The summed E-state index contributed by atoms with van der Waals surface area (Å²) in [5, 5.41) is 12.4. The highest BCUT2D eigenvalue weighted by Crippen LogP contribution is 2.08. The first-order valence-electron chi connectivity index (χ1n) is 5.52. The molecule has 1 heterocycles. The van der Waals surface area contributed by atoms with Crippen LogP contribution in [0.1, 0.15) is 26.5 Å². The standard InChI is InChI=1S/C12H20N2O2/c1-4-16-12(2,3)9-13-7-10-5-6-11(15)8-14-10/h5-6,8,13,15H,4,7,9H2,1-3H3. The molecule has 4 heteroatoms. The number of aromatic nitrogens is 1. The highest BCUT2D eigenvalue weighted by molar-refractivity contribution is 5.17. The maximum atomic E-state index is 9.08. The van der Waals surface area contributed by atoms with Crippen molar-refractivity contribution in [3.63, 3.8) is 0 Å². The van der Waals surface area contributed by atoms with Gasteiger partial charge < -0.3 is 15.2 Å². The number of nitrogens with zero attached hydrogens (tertiary/aromatic N) is 1. The second kappa shape index (κ2) is 5.82. The summed E-state index contributed by atoms with van der Waals surface area (Å²) < 4.78 is 5.56. The summed E-state index contributed by atoms with van der Waals surface area (Å²) in [6.45, 7) is 8.25. The average Bonchev–Trinajstić information content (AvgIpc) is 2.20. The van der Waals surface area contributed by atoms with Crippen molar-refractivity contribution in [3.05, 3.63) is 24.0 Å². The molecule has 16 heavy (non-hydrogen) atoms. The number of aromatic hydroxyl groups is 1. The number of rotatable bonds is 6. The first-order chi connectivity index (χ1) is 7.53. The highest BCUT2D eigenvalue weighted by Gasteiger charge is 2.16. The average molecular weight is 224 g/mol. The summed E-state index contributed by atoms with van der Waals surface area (Å²) >= 11 is 0. The van der Waals surface area contributed by atoms with Gasteiger partial charge in [-0.3, -0.25) is 4.98 Å². The molecule has 0 unspecified atom stereocenters. The lowest BCUT2D eigenvalue weighted by Crippen LogP contribution is -2.37. The normalized spacial score (nSPS) is 11.7. The Labute approximate surface area is 96.7 Å². The topological polar surface area (TPSA) is 54.4 Å². The van der Waals surface area contributed by atoms with Crippen molar-refractivity contribution >= 4 is 0 Å². The first-order valence-corrected chi connectivity index (χ1v) is 5.52. The lowest BCUT2D eigenvalue weighted by atomic mass is 10.1. The van der Waals surface area contributed by atoms with Crippen LogP contribution in [0.15, 0.2) is 18.3 Å². The van der Waals surface area contributed by atoms with Crippen molar-refractivity contribution in [2.45, 2.75) is 32.9 Å². The number of ether oxygens (including phenoxy) is 1. The minimum Gasteiger partial charge on any atom is -0.506 e. The van der Waals surface area contributed by atoms with Crippen molar-refractivity contribution in [1.82, 2.24) is 10.3 Å². The smallest absolute Gasteiger partial charge is 0.133 e. The number of nitrogens with one attached hydrogen (secondary N) is 1. The van der Waals surface area contributed by atoms with Crippen molar-refractivity contribution in [3.8, 4) is 5.75 Å². The summed E-state index contributed by atoms with van der Waals surface area (Å²) in [6, 6.07) is 3.44. The Morgan fingerprint density at radius 1 is 1.44 bits per heavy atom. The van der Waals surface area contributed by atoms with E-state index in [1.807, 2.05) is 20.8 Å². The van der Waals surface area contributed by atoms with Crippen LogP contribution in [0.4, 0.5) is 0 Å². The quantitative estimate of drug-likeness (QED) is 0.772. The third-order valence-corrected chi connectivity index (χ3v) is 2.20. The van der Waals surface area contributed by atoms with E-state index < -0.39 is 0 Å². The van der Waals surface area contributed by atoms with Gasteiger partial charge in [-0.2, -0.15) is 0 Å². The lowest BCUT2D eigenvalue weighted by Gasteiger charge is -2.24. The van der Waals surface area contributed by atoms with Gasteiger partial charge in [0.25, 0.3) is 0 Å². The first kappa shape index (κ1) is 12.9. The minimum absolute atomic E-state index is 0.161. The van der Waals surface area contributed by atoms with Crippen LogP contribution < -0.4 is 5.32 Å². The molecule has 0 atom stereocenters. The Morgan fingerprint density at radius 2 is 2.19 bits per heavy atom. The van der Waals surface area contributed by atoms with Crippen molar-refractivity contribution in [1.29, 1.82) is 0 Å². The Balaban J connectivity index is 2.32. The molecule has 0 saturated heterocycles. The van der Waals surface area contributed by atoms with Crippen LogP contribution in [-0.2, 0) is 11.3 Å². The van der Waals surface area contributed by atoms with E-state index in [1.54, 1.807) is 12.1 Å². The van der Waals surface area contributed by atoms with E-state index in [-0.39, 0.29) is 11.4 Å². The molecule has 0 aliphatic heterocycles. The molecule has 0 fully saturated rings. The molecule has 0 aliphatic carbocycles. The second-order valence-corrected chi connectivity index (χ2v) is 4.30. The van der Waals surface area contributed by atoms with E-state index in [1.165, 1.54) is 6.20 Å². The monoisotopic (exact) mass is 224 g/mol. The molecule has 2 N–H and O–H groups in total. The van der Waals surface area contributed by atoms with Gasteiger partial charge in [-0.25, -0.2) is 0 Å². The Hall–Kier alpha value is -1.13. The van der Waals surface area contributed by atoms with Crippen LogP contribution >= 0.6 is 0 Å². The lowest BCUT2D eigenvalue weighted by molar-refractivity contribution is -0.00902. The van der Waals surface area contributed by atoms with Gasteiger partial charge in [-0.15, -0.1) is 0 Å². The van der Waals surface area contributed by atoms with E-state index in [0.717, 1.165) is 12.2 Å². The third-order valence-electron chi connectivity index (χ3n) is 2.20. The molecular formula is C12H20N2O2. The van der Waals surface area contributed by atoms with Crippen LogP contribution in [-0.4, -0.2) is 28.8 Å². The summed E-state index contributed by atoms with van der Waals surface area (Å²) in [5.74, 6) is 0.193. The van der Waals surface area contributed by atoms with Crippen LogP contribution in [0.5, 0.6) is 5.75 Å². The van der Waals surface area contributed by atoms with E-state index in [2.05, 4.69) is 10.3 Å². The molecule has 1 aromatic heterocycles. The summed E-state index contributed by atoms with van der Waals surface area (Å²) in [5.41, 5.74) is 0.746. The van der Waals surface area contributed by atoms with Gasteiger partial charge in [0, 0.05) is 19.7 Å². The van der Waals surface area contributed by atoms with E-state index in [4.69, 9.17) is 9.84 Å². The molecule has 0 aliphatic rings. The van der Waals surface area contributed by atoms with Crippen LogP contribution in [0.25, 0.3) is 0 Å². The molecule has 90 valence electrons. The van der Waals surface area contributed by atoms with Gasteiger partial charge in [0.1, 0.15) is 5.75 Å². The van der Waals surface area contributed by atoms with Crippen LogP contribution in [0.3, 0.4) is 0 Å². The number of hydrogen-bond donors (Lipinski definition) is 2. The Morgan fingerprint density at radius 3 is 2.75 bits per heavy atom. The Bertz CT molecular complexity index is 309. The summed E-state index contributed by atoms with van der Waals surface area (Å²) in [4.78, 5) is 4.09. The zero-order valence-electron chi connectivity index (χ0n) is 10.2. The van der Waals surface area contributed by atoms with Gasteiger partial charge in [-0.05, 0) is 32.9 Å².